The van der Waals surface area contributed by atoms with Crippen LogP contribution in [0.15, 0.2) is 24.3 Å². The van der Waals surface area contributed by atoms with Gasteiger partial charge in [0.05, 0.1) is 12.8 Å². The number of methoxy groups -OCH3 is 1. The second-order valence-corrected chi connectivity index (χ2v) is 3.45. The number of nitrogen functional groups attached to an aromatic ring is 1. The Morgan fingerprint density at radius 1 is 1.28 bits per heavy atom. The number of hydrogen-bond acceptors (Lipinski definition) is 4. The summed E-state index contributed by atoms with van der Waals surface area (Å²) in [6.07, 6.45) is 0. The van der Waals surface area contributed by atoms with E-state index in [-0.39, 0.29) is 11.5 Å². The molecule has 1 heterocycles. The number of rotatable bonds is 4. The lowest BCUT2D eigenvalue weighted by atomic mass is 10.1. The van der Waals surface area contributed by atoms with Crippen LogP contribution in [0.3, 0.4) is 0 Å². The highest BCUT2D eigenvalue weighted by atomic mass is 19.3. The van der Waals surface area contributed by atoms with Gasteiger partial charge in [0.1, 0.15) is 5.82 Å². The van der Waals surface area contributed by atoms with Gasteiger partial charge in [-0.05, 0) is 18.2 Å². The fraction of sp³-hybridized carbons (Fsp3) is 0.182. The molecule has 1 aromatic heterocycles. The van der Waals surface area contributed by atoms with Crippen molar-refractivity contribution in [2.24, 2.45) is 0 Å². The van der Waals surface area contributed by atoms with Gasteiger partial charge in [-0.2, -0.15) is 13.9 Å². The van der Waals surface area contributed by atoms with Gasteiger partial charge in [-0.25, -0.2) is 0 Å². The summed E-state index contributed by atoms with van der Waals surface area (Å²) in [4.78, 5) is 0. The smallest absolute Gasteiger partial charge is 0.387 e. The molecule has 7 heteroatoms. The molecule has 0 radical (unpaired) electrons. The molecule has 0 aliphatic carbocycles. The first kappa shape index (κ1) is 12.2. The Morgan fingerprint density at radius 2 is 2.06 bits per heavy atom. The number of anilines is 1. The van der Waals surface area contributed by atoms with Crippen LogP contribution in [0, 0.1) is 0 Å². The highest BCUT2D eigenvalue weighted by Crippen LogP contribution is 2.33. The summed E-state index contributed by atoms with van der Waals surface area (Å²) in [5.74, 6) is 0.529. The number of benzene rings is 1. The van der Waals surface area contributed by atoms with E-state index in [2.05, 4.69) is 14.9 Å². The summed E-state index contributed by atoms with van der Waals surface area (Å²) in [7, 11) is 1.37. The zero-order chi connectivity index (χ0) is 13.1. The van der Waals surface area contributed by atoms with E-state index in [1.807, 2.05) is 0 Å². The van der Waals surface area contributed by atoms with Gasteiger partial charge in [-0.1, -0.05) is 0 Å². The second kappa shape index (κ2) is 4.91. The molecule has 96 valence electrons. The highest BCUT2D eigenvalue weighted by Gasteiger charge is 2.12. The third-order valence-corrected chi connectivity index (χ3v) is 2.29. The number of halogens is 2. The van der Waals surface area contributed by atoms with E-state index in [0.29, 0.717) is 17.1 Å². The summed E-state index contributed by atoms with van der Waals surface area (Å²) in [5.41, 5.74) is 6.85. The maximum absolute atomic E-state index is 12.2. The lowest BCUT2D eigenvalue weighted by molar-refractivity contribution is -0.0512. The fourth-order valence-electron chi connectivity index (χ4n) is 1.51. The minimum absolute atomic E-state index is 0.0243. The van der Waals surface area contributed by atoms with Crippen LogP contribution in [0.5, 0.6) is 11.5 Å². The van der Waals surface area contributed by atoms with E-state index >= 15 is 0 Å². The molecule has 3 N–H and O–H groups in total. The van der Waals surface area contributed by atoms with Crippen molar-refractivity contribution in [2.45, 2.75) is 6.61 Å². The first-order valence-electron chi connectivity index (χ1n) is 5.04. The molecular weight excluding hydrogens is 244 g/mol. The fourth-order valence-corrected chi connectivity index (χ4v) is 1.51. The molecule has 0 aliphatic heterocycles. The minimum Gasteiger partial charge on any atom is -0.493 e. The van der Waals surface area contributed by atoms with Gasteiger partial charge in [-0.3, -0.25) is 5.10 Å². The molecule has 0 saturated heterocycles. The van der Waals surface area contributed by atoms with Crippen LogP contribution >= 0.6 is 0 Å². The standard InChI is InChI=1S/C11H11F2N3O2/c1-17-9-4-6(7-5-10(14)16-15-7)2-3-8(9)18-11(12)13/h2-5,11H,1H3,(H3,14,15,16). The molecule has 0 amide bonds. The SMILES string of the molecule is COc1cc(-c2cc(N)n[nH]2)ccc1OC(F)F. The average Bonchev–Trinajstić information content (AvgIpc) is 2.75. The molecule has 0 atom stereocenters. The number of aromatic amines is 1. The molecule has 18 heavy (non-hydrogen) atoms. The van der Waals surface area contributed by atoms with Gasteiger partial charge in [0, 0.05) is 11.6 Å². The van der Waals surface area contributed by atoms with Crippen molar-refractivity contribution in [1.29, 1.82) is 0 Å². The number of hydrogen-bond donors (Lipinski definition) is 2. The van der Waals surface area contributed by atoms with Crippen molar-refractivity contribution in [3.05, 3.63) is 24.3 Å². The molecule has 0 fully saturated rings. The molecule has 0 aliphatic rings. The van der Waals surface area contributed by atoms with Crippen molar-refractivity contribution in [1.82, 2.24) is 10.2 Å². The molecule has 0 bridgehead atoms. The van der Waals surface area contributed by atoms with Crippen LogP contribution < -0.4 is 15.2 Å². The maximum atomic E-state index is 12.2. The Balaban J connectivity index is 2.35. The number of nitrogens with zero attached hydrogens (tertiary/aromatic N) is 1. The predicted octanol–water partition coefficient (Wildman–Crippen LogP) is 2.27. The molecule has 1 aromatic carbocycles. The molecular formula is C11H11F2N3O2. The van der Waals surface area contributed by atoms with Crippen LogP contribution in [0.4, 0.5) is 14.6 Å². The zero-order valence-electron chi connectivity index (χ0n) is 9.48. The summed E-state index contributed by atoms with van der Waals surface area (Å²) >= 11 is 0. The topological polar surface area (TPSA) is 73.2 Å². The first-order chi connectivity index (χ1) is 8.60. The van der Waals surface area contributed by atoms with E-state index < -0.39 is 6.61 Å². The second-order valence-electron chi connectivity index (χ2n) is 3.45. The lowest BCUT2D eigenvalue weighted by Gasteiger charge is -2.10. The van der Waals surface area contributed by atoms with Crippen LogP contribution in [-0.2, 0) is 0 Å². The molecule has 5 nitrogen and oxygen atoms in total. The Morgan fingerprint density at radius 3 is 2.61 bits per heavy atom. The molecule has 0 spiro atoms. The van der Waals surface area contributed by atoms with Crippen LogP contribution in [-0.4, -0.2) is 23.9 Å². The van der Waals surface area contributed by atoms with Crippen LogP contribution in [0.25, 0.3) is 11.3 Å². The van der Waals surface area contributed by atoms with Crippen LogP contribution in [0.2, 0.25) is 0 Å². The predicted molar refractivity (Wildman–Crippen MR) is 61.6 cm³/mol. The van der Waals surface area contributed by atoms with Crippen molar-refractivity contribution in [2.75, 3.05) is 12.8 Å². The van der Waals surface area contributed by atoms with E-state index in [1.165, 1.54) is 13.2 Å². The Hall–Kier alpha value is -2.31. The van der Waals surface area contributed by atoms with Gasteiger partial charge < -0.3 is 15.2 Å². The minimum atomic E-state index is -2.90. The van der Waals surface area contributed by atoms with Crippen molar-refractivity contribution in [3.8, 4) is 22.8 Å². The summed E-state index contributed by atoms with van der Waals surface area (Å²) in [5, 5.41) is 6.49. The summed E-state index contributed by atoms with van der Waals surface area (Å²) in [6, 6.07) is 6.19. The number of ether oxygens (including phenoxy) is 2. The van der Waals surface area contributed by atoms with Crippen molar-refractivity contribution < 1.29 is 18.3 Å². The number of H-pyrrole nitrogens is 1. The van der Waals surface area contributed by atoms with Gasteiger partial charge in [0.25, 0.3) is 0 Å². The van der Waals surface area contributed by atoms with Crippen molar-refractivity contribution >= 4 is 5.82 Å². The normalized spacial score (nSPS) is 10.7. The Bertz CT molecular complexity index is 543. The lowest BCUT2D eigenvalue weighted by Crippen LogP contribution is -2.03. The summed E-state index contributed by atoms with van der Waals surface area (Å²) < 4.78 is 33.6. The average molecular weight is 255 g/mol. The molecule has 0 saturated carbocycles. The van der Waals surface area contributed by atoms with E-state index in [4.69, 9.17) is 10.5 Å². The number of aromatic nitrogens is 2. The zero-order valence-corrected chi connectivity index (χ0v) is 9.48. The maximum Gasteiger partial charge on any atom is 0.387 e. The number of nitrogens with one attached hydrogen (secondary N) is 1. The van der Waals surface area contributed by atoms with Gasteiger partial charge in [0.2, 0.25) is 0 Å². The quantitative estimate of drug-likeness (QED) is 0.878. The van der Waals surface area contributed by atoms with Gasteiger partial charge >= 0.3 is 6.61 Å². The van der Waals surface area contributed by atoms with Gasteiger partial charge in [-0.15, -0.1) is 0 Å². The number of alkyl halides is 2. The monoisotopic (exact) mass is 255 g/mol. The Kier molecular flexibility index (Phi) is 3.31. The molecule has 2 aromatic rings. The van der Waals surface area contributed by atoms with E-state index in [9.17, 15) is 8.78 Å². The highest BCUT2D eigenvalue weighted by molar-refractivity contribution is 5.65. The molecule has 0 unspecified atom stereocenters. The van der Waals surface area contributed by atoms with E-state index in [0.717, 1.165) is 0 Å². The van der Waals surface area contributed by atoms with Gasteiger partial charge in [0.15, 0.2) is 11.5 Å². The molecule has 2 rings (SSSR count). The number of nitrogens with two attached hydrogens (primary N) is 1. The third kappa shape index (κ3) is 2.50. The van der Waals surface area contributed by atoms with Crippen molar-refractivity contribution in [3.63, 3.8) is 0 Å². The third-order valence-electron chi connectivity index (χ3n) is 2.29. The Labute approximate surface area is 102 Å². The van der Waals surface area contributed by atoms with Crippen LogP contribution in [0.1, 0.15) is 0 Å². The first-order valence-corrected chi connectivity index (χ1v) is 5.04. The van der Waals surface area contributed by atoms with E-state index in [1.54, 1.807) is 18.2 Å². The largest absolute Gasteiger partial charge is 0.493 e. The summed E-state index contributed by atoms with van der Waals surface area (Å²) in [6.45, 7) is -2.90.